The summed E-state index contributed by atoms with van der Waals surface area (Å²) in [7, 11) is 0. The average Bonchev–Trinajstić information content (AvgIpc) is 2.42. The molecule has 2 amide bonds. The fourth-order valence-electron chi connectivity index (χ4n) is 1.59. The summed E-state index contributed by atoms with van der Waals surface area (Å²) in [4.78, 5) is 23.0. The molecule has 1 rings (SSSR count). The first kappa shape index (κ1) is 15.2. The van der Waals surface area contributed by atoms with Gasteiger partial charge in [0, 0.05) is 24.3 Å². The topological polar surface area (TPSA) is 84.2 Å². The van der Waals surface area contributed by atoms with E-state index in [1.54, 1.807) is 31.2 Å². The summed E-state index contributed by atoms with van der Waals surface area (Å²) < 4.78 is 0. The van der Waals surface area contributed by atoms with Crippen molar-refractivity contribution in [3.8, 4) is 0 Å². The zero-order valence-corrected chi connectivity index (χ0v) is 11.4. The molecule has 0 heterocycles. The van der Waals surface area contributed by atoms with Crippen LogP contribution in [-0.4, -0.2) is 18.4 Å². The van der Waals surface area contributed by atoms with Crippen molar-refractivity contribution in [3.05, 3.63) is 24.3 Å². The number of carbonyl (C=O) groups is 2. The van der Waals surface area contributed by atoms with E-state index in [4.69, 9.17) is 5.73 Å². The Morgan fingerprint density at radius 1 is 1.11 bits per heavy atom. The Bertz CT molecular complexity index is 425. The summed E-state index contributed by atoms with van der Waals surface area (Å²) in [6, 6.07) is 7.03. The van der Waals surface area contributed by atoms with Crippen molar-refractivity contribution in [2.45, 2.75) is 26.7 Å². The van der Waals surface area contributed by atoms with Gasteiger partial charge in [0.25, 0.3) is 0 Å². The number of hydrogen-bond acceptors (Lipinski definition) is 3. The van der Waals surface area contributed by atoms with E-state index >= 15 is 0 Å². The van der Waals surface area contributed by atoms with Crippen LogP contribution in [0.4, 0.5) is 11.4 Å². The van der Waals surface area contributed by atoms with Crippen LogP contribution in [0.1, 0.15) is 26.7 Å². The van der Waals surface area contributed by atoms with Gasteiger partial charge in [-0.3, -0.25) is 9.59 Å². The fourth-order valence-corrected chi connectivity index (χ4v) is 1.59. The van der Waals surface area contributed by atoms with Crippen LogP contribution in [0.5, 0.6) is 0 Å². The highest BCUT2D eigenvalue weighted by molar-refractivity contribution is 5.94. The Kier molecular flexibility index (Phi) is 6.02. The van der Waals surface area contributed by atoms with Crippen molar-refractivity contribution in [1.29, 1.82) is 0 Å². The SMILES string of the molecule is CCC(=O)Nc1ccc(NC(=O)C(CC)CN)cc1. The third-order valence-electron chi connectivity index (χ3n) is 2.91. The molecule has 1 atom stereocenters. The van der Waals surface area contributed by atoms with E-state index in [9.17, 15) is 9.59 Å². The van der Waals surface area contributed by atoms with Gasteiger partial charge in [0.1, 0.15) is 0 Å². The van der Waals surface area contributed by atoms with Crippen LogP contribution in [0.2, 0.25) is 0 Å². The highest BCUT2D eigenvalue weighted by Gasteiger charge is 2.14. The molecule has 1 aromatic rings. The minimum Gasteiger partial charge on any atom is -0.330 e. The summed E-state index contributed by atoms with van der Waals surface area (Å²) in [5.74, 6) is -0.277. The van der Waals surface area contributed by atoms with Crippen molar-refractivity contribution >= 4 is 23.2 Å². The maximum absolute atomic E-state index is 11.8. The van der Waals surface area contributed by atoms with Gasteiger partial charge in [-0.15, -0.1) is 0 Å². The Balaban J connectivity index is 2.61. The van der Waals surface area contributed by atoms with E-state index in [2.05, 4.69) is 10.6 Å². The second-order valence-electron chi connectivity index (χ2n) is 4.31. The van der Waals surface area contributed by atoms with E-state index in [1.807, 2.05) is 6.92 Å². The van der Waals surface area contributed by atoms with Crippen LogP contribution in [0.3, 0.4) is 0 Å². The number of amides is 2. The summed E-state index contributed by atoms with van der Waals surface area (Å²) in [5, 5.41) is 5.55. The van der Waals surface area contributed by atoms with Crippen LogP contribution in [0.25, 0.3) is 0 Å². The van der Waals surface area contributed by atoms with Gasteiger partial charge in [0.15, 0.2) is 0 Å². The summed E-state index contributed by atoms with van der Waals surface area (Å²) >= 11 is 0. The molecule has 0 aliphatic carbocycles. The Hall–Kier alpha value is -1.88. The smallest absolute Gasteiger partial charge is 0.228 e. The maximum Gasteiger partial charge on any atom is 0.228 e. The molecule has 0 fully saturated rings. The Labute approximate surface area is 113 Å². The summed E-state index contributed by atoms with van der Waals surface area (Å²) in [6.45, 7) is 4.06. The second-order valence-corrected chi connectivity index (χ2v) is 4.31. The molecule has 104 valence electrons. The lowest BCUT2D eigenvalue weighted by atomic mass is 10.1. The molecule has 1 unspecified atom stereocenters. The molecule has 0 spiro atoms. The van der Waals surface area contributed by atoms with E-state index < -0.39 is 0 Å². The molecular weight excluding hydrogens is 242 g/mol. The molecule has 0 radical (unpaired) electrons. The minimum atomic E-state index is -0.167. The van der Waals surface area contributed by atoms with Gasteiger partial charge < -0.3 is 16.4 Å². The summed E-state index contributed by atoms with van der Waals surface area (Å²) in [6.07, 6.45) is 1.15. The monoisotopic (exact) mass is 263 g/mol. The Morgan fingerprint density at radius 3 is 2.05 bits per heavy atom. The zero-order chi connectivity index (χ0) is 14.3. The van der Waals surface area contributed by atoms with Crippen LogP contribution < -0.4 is 16.4 Å². The quantitative estimate of drug-likeness (QED) is 0.733. The predicted octanol–water partition coefficient (Wildman–Crippen LogP) is 1.96. The van der Waals surface area contributed by atoms with Gasteiger partial charge in [0.05, 0.1) is 5.92 Å². The third kappa shape index (κ3) is 4.71. The molecular formula is C14H21N3O2. The first-order valence-corrected chi connectivity index (χ1v) is 6.51. The molecule has 0 aliphatic heterocycles. The van der Waals surface area contributed by atoms with E-state index in [-0.39, 0.29) is 17.7 Å². The van der Waals surface area contributed by atoms with Gasteiger partial charge in [-0.1, -0.05) is 13.8 Å². The van der Waals surface area contributed by atoms with Crippen LogP contribution in [0.15, 0.2) is 24.3 Å². The number of hydrogen-bond donors (Lipinski definition) is 3. The normalized spacial score (nSPS) is 11.7. The molecule has 5 heteroatoms. The lowest BCUT2D eigenvalue weighted by Gasteiger charge is -2.13. The molecule has 4 N–H and O–H groups in total. The second kappa shape index (κ2) is 7.53. The van der Waals surface area contributed by atoms with E-state index in [0.717, 1.165) is 5.69 Å². The highest BCUT2D eigenvalue weighted by Crippen LogP contribution is 2.15. The van der Waals surface area contributed by atoms with Crippen molar-refractivity contribution in [1.82, 2.24) is 0 Å². The molecule has 19 heavy (non-hydrogen) atoms. The summed E-state index contributed by atoms with van der Waals surface area (Å²) in [5.41, 5.74) is 6.94. The standard InChI is InChI=1S/C14H21N3O2/c1-3-10(9-15)14(19)17-12-7-5-11(6-8-12)16-13(18)4-2/h5-8,10H,3-4,9,15H2,1-2H3,(H,16,18)(H,17,19). The first-order valence-electron chi connectivity index (χ1n) is 6.51. The zero-order valence-electron chi connectivity index (χ0n) is 11.4. The molecule has 0 bridgehead atoms. The lowest BCUT2D eigenvalue weighted by molar-refractivity contribution is -0.119. The average molecular weight is 263 g/mol. The molecule has 0 saturated heterocycles. The minimum absolute atomic E-state index is 0.0361. The number of anilines is 2. The van der Waals surface area contributed by atoms with Crippen LogP contribution in [-0.2, 0) is 9.59 Å². The van der Waals surface area contributed by atoms with Crippen LogP contribution >= 0.6 is 0 Å². The lowest BCUT2D eigenvalue weighted by Crippen LogP contribution is -2.28. The number of carbonyl (C=O) groups excluding carboxylic acids is 2. The van der Waals surface area contributed by atoms with E-state index in [1.165, 1.54) is 0 Å². The van der Waals surface area contributed by atoms with Gasteiger partial charge in [-0.25, -0.2) is 0 Å². The predicted molar refractivity (Wildman–Crippen MR) is 76.8 cm³/mol. The number of benzene rings is 1. The maximum atomic E-state index is 11.8. The molecule has 5 nitrogen and oxygen atoms in total. The number of nitrogens with one attached hydrogen (secondary N) is 2. The van der Waals surface area contributed by atoms with Crippen LogP contribution in [0, 0.1) is 5.92 Å². The fraction of sp³-hybridized carbons (Fsp3) is 0.429. The number of rotatable bonds is 6. The largest absolute Gasteiger partial charge is 0.330 e. The van der Waals surface area contributed by atoms with Gasteiger partial charge in [-0.2, -0.15) is 0 Å². The van der Waals surface area contributed by atoms with Crippen molar-refractivity contribution in [3.63, 3.8) is 0 Å². The molecule has 0 aliphatic rings. The molecule has 1 aromatic carbocycles. The molecule has 0 aromatic heterocycles. The Morgan fingerprint density at radius 2 is 1.63 bits per heavy atom. The van der Waals surface area contributed by atoms with E-state index in [0.29, 0.717) is 25.1 Å². The van der Waals surface area contributed by atoms with Gasteiger partial charge >= 0.3 is 0 Å². The van der Waals surface area contributed by atoms with Crippen molar-refractivity contribution < 1.29 is 9.59 Å². The third-order valence-corrected chi connectivity index (χ3v) is 2.91. The van der Waals surface area contributed by atoms with Gasteiger partial charge in [-0.05, 0) is 30.7 Å². The van der Waals surface area contributed by atoms with Crippen molar-refractivity contribution in [2.24, 2.45) is 11.7 Å². The van der Waals surface area contributed by atoms with Crippen molar-refractivity contribution in [2.75, 3.05) is 17.2 Å². The van der Waals surface area contributed by atoms with Gasteiger partial charge in [0.2, 0.25) is 11.8 Å². The number of nitrogens with two attached hydrogens (primary N) is 1. The molecule has 0 saturated carbocycles. The first-order chi connectivity index (χ1) is 9.10. The highest BCUT2D eigenvalue weighted by atomic mass is 16.2.